The molecule has 0 aliphatic heterocycles. The highest BCUT2D eigenvalue weighted by molar-refractivity contribution is 6.30. The van der Waals surface area contributed by atoms with E-state index in [9.17, 15) is 18.0 Å². The van der Waals surface area contributed by atoms with E-state index in [0.29, 0.717) is 16.7 Å². The minimum atomic E-state index is -3.83. The number of rotatable bonds is 5. The third kappa shape index (κ3) is 3.95. The lowest BCUT2D eigenvalue weighted by atomic mass is 10.0. The van der Waals surface area contributed by atoms with Crippen LogP contribution in [0.25, 0.3) is 10.9 Å². The number of fused-ring (bicyclic) bond motifs is 1. The predicted molar refractivity (Wildman–Crippen MR) is 93.2 cm³/mol. The van der Waals surface area contributed by atoms with Gasteiger partial charge in [0, 0.05) is 17.1 Å². The molecule has 0 aliphatic rings. The molecule has 0 bridgehead atoms. The summed E-state index contributed by atoms with van der Waals surface area (Å²) < 4.78 is 47.7. The summed E-state index contributed by atoms with van der Waals surface area (Å²) in [6, 6.07) is 6.17. The van der Waals surface area contributed by atoms with Crippen LogP contribution in [0.15, 0.2) is 42.7 Å². The number of carbonyl (C=O) groups excluding carboxylic acids is 1. The van der Waals surface area contributed by atoms with Gasteiger partial charge < -0.3 is 10.1 Å². The van der Waals surface area contributed by atoms with Crippen LogP contribution in [0, 0.1) is 5.82 Å². The van der Waals surface area contributed by atoms with Gasteiger partial charge in [0.25, 0.3) is 5.91 Å². The molecular formula is C18H13ClF3N3O2. The van der Waals surface area contributed by atoms with E-state index in [-0.39, 0.29) is 10.7 Å². The number of aromatic nitrogens is 2. The minimum Gasteiger partial charge on any atom is -0.495 e. The first kappa shape index (κ1) is 18.9. The largest absolute Gasteiger partial charge is 0.495 e. The zero-order valence-corrected chi connectivity index (χ0v) is 14.7. The Hall–Kier alpha value is -2.87. The fourth-order valence-corrected chi connectivity index (χ4v) is 2.54. The zero-order chi connectivity index (χ0) is 19.6. The van der Waals surface area contributed by atoms with Crippen molar-refractivity contribution in [2.75, 3.05) is 7.11 Å². The number of nitrogens with one attached hydrogen (secondary N) is 1. The Morgan fingerprint density at radius 3 is 2.70 bits per heavy atom. The molecule has 9 heteroatoms. The molecule has 0 spiro atoms. The third-order valence-corrected chi connectivity index (χ3v) is 4.05. The van der Waals surface area contributed by atoms with Gasteiger partial charge in [-0.05, 0) is 24.3 Å². The predicted octanol–water partition coefficient (Wildman–Crippen LogP) is 3.84. The third-order valence-electron chi connectivity index (χ3n) is 3.84. The smallest absolute Gasteiger partial charge is 0.349 e. The van der Waals surface area contributed by atoms with E-state index >= 15 is 0 Å². The summed E-state index contributed by atoms with van der Waals surface area (Å²) in [5.74, 6) is -5.80. The molecule has 2 heterocycles. The summed E-state index contributed by atoms with van der Waals surface area (Å²) in [5, 5.41) is 2.45. The molecule has 0 aliphatic carbocycles. The number of halogens is 4. The molecule has 0 fully saturated rings. The second kappa shape index (κ2) is 7.40. The summed E-state index contributed by atoms with van der Waals surface area (Å²) in [7, 11) is 1.43. The molecule has 0 unspecified atom stereocenters. The molecule has 1 amide bonds. The highest BCUT2D eigenvalue weighted by Crippen LogP contribution is 2.31. The quantitative estimate of drug-likeness (QED) is 0.713. The first-order valence-corrected chi connectivity index (χ1v) is 8.09. The highest BCUT2D eigenvalue weighted by atomic mass is 35.5. The number of pyridine rings is 2. The van der Waals surface area contributed by atoms with E-state index < -0.39 is 29.8 Å². The van der Waals surface area contributed by atoms with Crippen molar-refractivity contribution in [1.82, 2.24) is 15.3 Å². The Balaban J connectivity index is 1.81. The average molecular weight is 396 g/mol. The van der Waals surface area contributed by atoms with E-state index in [2.05, 4.69) is 9.97 Å². The summed E-state index contributed by atoms with van der Waals surface area (Å²) >= 11 is 5.58. The molecule has 2 aromatic heterocycles. The van der Waals surface area contributed by atoms with Gasteiger partial charge in [0.05, 0.1) is 36.1 Å². The number of methoxy groups -OCH3 is 1. The molecule has 0 saturated carbocycles. The molecule has 1 N–H and O–H groups in total. The molecule has 0 atom stereocenters. The standard InChI is InChI=1S/C18H13ClF3N3O2/c1-27-13-5-10-4-11(2-3-15(10)24-8-13)18(21,22)17(26)25-9-16-14(20)6-12(19)7-23-16/h2-8H,9H2,1H3,(H,25,26). The van der Waals surface area contributed by atoms with Gasteiger partial charge in [0.2, 0.25) is 0 Å². The Morgan fingerprint density at radius 2 is 2.00 bits per heavy atom. The number of alkyl halides is 2. The number of hydrogen-bond donors (Lipinski definition) is 1. The second-order valence-electron chi connectivity index (χ2n) is 5.62. The number of nitrogens with zero attached hydrogens (tertiary/aromatic N) is 2. The fraction of sp³-hybridized carbons (Fsp3) is 0.167. The van der Waals surface area contributed by atoms with Gasteiger partial charge in [-0.3, -0.25) is 14.8 Å². The van der Waals surface area contributed by atoms with Crippen molar-refractivity contribution in [2.24, 2.45) is 0 Å². The lowest BCUT2D eigenvalue weighted by Gasteiger charge is -2.17. The second-order valence-corrected chi connectivity index (χ2v) is 6.06. The number of carbonyl (C=O) groups is 1. The van der Waals surface area contributed by atoms with Crippen LogP contribution in [0.5, 0.6) is 5.75 Å². The number of ether oxygens (including phenoxy) is 1. The molecule has 140 valence electrons. The van der Waals surface area contributed by atoms with Crippen LogP contribution in [0.3, 0.4) is 0 Å². The van der Waals surface area contributed by atoms with Gasteiger partial charge in [0.1, 0.15) is 11.6 Å². The van der Waals surface area contributed by atoms with Crippen molar-refractivity contribution in [3.8, 4) is 5.75 Å². The summed E-state index contributed by atoms with van der Waals surface area (Å²) in [6.45, 7) is -0.500. The van der Waals surface area contributed by atoms with Crippen molar-refractivity contribution in [1.29, 1.82) is 0 Å². The molecule has 0 saturated heterocycles. The van der Waals surface area contributed by atoms with E-state index in [1.165, 1.54) is 25.4 Å². The van der Waals surface area contributed by atoms with Gasteiger partial charge in [0.15, 0.2) is 0 Å². The van der Waals surface area contributed by atoms with E-state index in [0.717, 1.165) is 24.4 Å². The van der Waals surface area contributed by atoms with Gasteiger partial charge in [-0.2, -0.15) is 8.78 Å². The van der Waals surface area contributed by atoms with Crippen LogP contribution >= 0.6 is 11.6 Å². The van der Waals surface area contributed by atoms with Gasteiger partial charge in [-0.15, -0.1) is 0 Å². The highest BCUT2D eigenvalue weighted by Gasteiger charge is 2.41. The Morgan fingerprint density at radius 1 is 1.22 bits per heavy atom. The Labute approximate surface area is 157 Å². The van der Waals surface area contributed by atoms with Crippen LogP contribution in [-0.2, 0) is 17.3 Å². The van der Waals surface area contributed by atoms with Crippen LogP contribution in [-0.4, -0.2) is 23.0 Å². The van der Waals surface area contributed by atoms with Crippen LogP contribution < -0.4 is 10.1 Å². The zero-order valence-electron chi connectivity index (χ0n) is 14.0. The van der Waals surface area contributed by atoms with Crippen LogP contribution in [0.2, 0.25) is 5.02 Å². The van der Waals surface area contributed by atoms with Gasteiger partial charge in [-0.25, -0.2) is 4.39 Å². The maximum absolute atomic E-state index is 14.5. The molecule has 0 radical (unpaired) electrons. The summed E-state index contributed by atoms with van der Waals surface area (Å²) in [4.78, 5) is 19.8. The van der Waals surface area contributed by atoms with E-state index in [1.807, 2.05) is 5.32 Å². The lowest BCUT2D eigenvalue weighted by molar-refractivity contribution is -0.147. The first-order chi connectivity index (χ1) is 12.8. The molecular weight excluding hydrogens is 383 g/mol. The van der Waals surface area contributed by atoms with Crippen molar-refractivity contribution in [2.45, 2.75) is 12.5 Å². The van der Waals surface area contributed by atoms with Crippen LogP contribution in [0.4, 0.5) is 13.2 Å². The Kier molecular flexibility index (Phi) is 5.18. The number of hydrogen-bond acceptors (Lipinski definition) is 4. The average Bonchev–Trinajstić information content (AvgIpc) is 2.66. The number of amides is 1. The van der Waals surface area contributed by atoms with Crippen molar-refractivity contribution >= 4 is 28.4 Å². The maximum atomic E-state index is 14.5. The van der Waals surface area contributed by atoms with Gasteiger partial charge >= 0.3 is 5.92 Å². The molecule has 1 aromatic carbocycles. The van der Waals surface area contributed by atoms with E-state index in [4.69, 9.17) is 16.3 Å². The fourth-order valence-electron chi connectivity index (χ4n) is 2.40. The van der Waals surface area contributed by atoms with Crippen molar-refractivity contribution < 1.29 is 22.7 Å². The van der Waals surface area contributed by atoms with E-state index in [1.54, 1.807) is 0 Å². The number of benzene rings is 1. The molecule has 3 rings (SSSR count). The Bertz CT molecular complexity index is 1010. The first-order valence-electron chi connectivity index (χ1n) is 7.71. The maximum Gasteiger partial charge on any atom is 0.349 e. The van der Waals surface area contributed by atoms with Gasteiger partial charge in [-0.1, -0.05) is 17.7 Å². The molecule has 27 heavy (non-hydrogen) atoms. The van der Waals surface area contributed by atoms with Crippen molar-refractivity contribution in [3.63, 3.8) is 0 Å². The normalized spacial score (nSPS) is 11.4. The summed E-state index contributed by atoms with van der Waals surface area (Å²) in [6.07, 6.45) is 2.62. The SMILES string of the molecule is COc1cnc2ccc(C(F)(F)C(=O)NCc3ncc(Cl)cc3F)cc2c1. The van der Waals surface area contributed by atoms with Crippen LogP contribution in [0.1, 0.15) is 11.3 Å². The molecule has 3 aromatic rings. The lowest BCUT2D eigenvalue weighted by Crippen LogP contribution is -2.38. The monoisotopic (exact) mass is 395 g/mol. The minimum absolute atomic E-state index is 0.0631. The topological polar surface area (TPSA) is 64.1 Å². The molecule has 5 nitrogen and oxygen atoms in total. The van der Waals surface area contributed by atoms with Crippen molar-refractivity contribution in [3.05, 3.63) is 64.8 Å². The summed E-state index contributed by atoms with van der Waals surface area (Å²) in [5.41, 5.74) is -0.244.